The van der Waals surface area contributed by atoms with Crippen molar-refractivity contribution in [3.8, 4) is 0 Å². The lowest BCUT2D eigenvalue weighted by atomic mass is 9.88. The van der Waals surface area contributed by atoms with Crippen LogP contribution in [0.4, 0.5) is 4.79 Å². The van der Waals surface area contributed by atoms with Crippen molar-refractivity contribution < 1.29 is 38.6 Å². The van der Waals surface area contributed by atoms with Gasteiger partial charge in [0.1, 0.15) is 17.7 Å². The van der Waals surface area contributed by atoms with E-state index < -0.39 is 59.6 Å². The van der Waals surface area contributed by atoms with Gasteiger partial charge in [0.2, 0.25) is 11.8 Å². The number of esters is 1. The van der Waals surface area contributed by atoms with Crippen LogP contribution in [0, 0.1) is 11.8 Å². The van der Waals surface area contributed by atoms with Crippen molar-refractivity contribution in [1.82, 2.24) is 16.0 Å². The summed E-state index contributed by atoms with van der Waals surface area (Å²) in [5.41, 5.74) is 2.62. The van der Waals surface area contributed by atoms with Crippen molar-refractivity contribution in [1.29, 1.82) is 0 Å². The molecule has 4 aromatic carbocycles. The molecule has 4 rings (SSSR count). The van der Waals surface area contributed by atoms with Crippen molar-refractivity contribution in [3.05, 3.63) is 143 Å². The molecule has 11 nitrogen and oxygen atoms in total. The number of carbonyl (C=O) groups is 5. The maximum absolute atomic E-state index is 14.2. The molecule has 4 aromatic rings. The van der Waals surface area contributed by atoms with E-state index >= 15 is 0 Å². The predicted octanol–water partition coefficient (Wildman–Crippen LogP) is 6.00. The molecule has 5 atom stereocenters. The van der Waals surface area contributed by atoms with Gasteiger partial charge in [-0.05, 0) is 62.6 Å². The topological polar surface area (TPSA) is 160 Å². The molecule has 11 heteroatoms. The van der Waals surface area contributed by atoms with E-state index in [1.807, 2.05) is 66.7 Å². The maximum Gasteiger partial charge on any atom is 0.407 e. The third-order valence-corrected chi connectivity index (χ3v) is 9.43. The third-order valence-electron chi connectivity index (χ3n) is 9.43. The molecule has 0 saturated carbocycles. The number of nitrogens with one attached hydrogen (secondary N) is 3. The summed E-state index contributed by atoms with van der Waals surface area (Å²) in [5.74, 6) is -3.00. The first kappa shape index (κ1) is 43.9. The minimum atomic E-state index is -1.25. The van der Waals surface area contributed by atoms with Gasteiger partial charge in [-0.1, -0.05) is 129 Å². The number of aliphatic hydroxyl groups excluding tert-OH is 1. The molecule has 0 bridgehead atoms. The number of hydrogen-bond acceptors (Lipinski definition) is 8. The highest BCUT2D eigenvalue weighted by molar-refractivity contribution is 6.08. The molecule has 4 N–H and O–H groups in total. The van der Waals surface area contributed by atoms with Gasteiger partial charge in [0.05, 0.1) is 19.3 Å². The van der Waals surface area contributed by atoms with Crippen molar-refractivity contribution >= 4 is 29.7 Å². The lowest BCUT2D eigenvalue weighted by molar-refractivity contribution is -0.145. The number of amides is 3. The Balaban J connectivity index is 1.57. The van der Waals surface area contributed by atoms with Gasteiger partial charge in [-0.15, -0.1) is 0 Å². The molecule has 3 amide bonds. The normalized spacial score (nSPS) is 14.0. The zero-order valence-corrected chi connectivity index (χ0v) is 33.6. The number of alkyl carbamates (subject to hydrolysis) is 1. The molecule has 0 spiro atoms. The summed E-state index contributed by atoms with van der Waals surface area (Å²) in [7, 11) is 1.25. The second-order valence-corrected chi connectivity index (χ2v) is 15.5. The van der Waals surface area contributed by atoms with Crippen LogP contribution in [0.15, 0.2) is 115 Å². The molecule has 0 fully saturated rings. The number of hydrogen-bond donors (Lipinski definition) is 4. The number of methoxy groups -OCH3 is 1. The second kappa shape index (κ2) is 20.9. The SMILES string of the molecule is COC(=O)[C@H](Cc1ccccc1)NC(=O)[C@@H](NC(=O)[C@H](Cc1ccccc1)C[C@@H](O)[C@H](Cc1ccc(C(=O)c2ccccc2)cc1)NC(=O)OC(C)(C)C)C(C)C. The molecule has 0 saturated heterocycles. The Kier molecular flexibility index (Phi) is 16.1. The van der Waals surface area contributed by atoms with E-state index in [9.17, 15) is 29.1 Å². The summed E-state index contributed by atoms with van der Waals surface area (Å²) in [6, 6.07) is 31.5. The smallest absolute Gasteiger partial charge is 0.407 e. The number of ketones is 1. The van der Waals surface area contributed by atoms with Crippen molar-refractivity contribution in [2.45, 2.75) is 90.1 Å². The van der Waals surface area contributed by atoms with E-state index in [4.69, 9.17) is 9.47 Å². The minimum Gasteiger partial charge on any atom is -0.467 e. The summed E-state index contributed by atoms with van der Waals surface area (Å²) in [6.45, 7) is 8.77. The lowest BCUT2D eigenvalue weighted by Crippen LogP contribution is -2.55. The van der Waals surface area contributed by atoms with Crippen LogP contribution in [-0.4, -0.2) is 71.7 Å². The molecule has 57 heavy (non-hydrogen) atoms. The van der Waals surface area contributed by atoms with Crippen LogP contribution in [0.5, 0.6) is 0 Å². The second-order valence-electron chi connectivity index (χ2n) is 15.5. The molecular formula is C46H55N3O8. The highest BCUT2D eigenvalue weighted by atomic mass is 16.6. The van der Waals surface area contributed by atoms with Crippen LogP contribution in [0.1, 0.15) is 73.7 Å². The number of ether oxygens (including phenoxy) is 2. The van der Waals surface area contributed by atoms with E-state index in [1.165, 1.54) is 7.11 Å². The Bertz CT molecular complexity index is 1910. The third kappa shape index (κ3) is 14.0. The summed E-state index contributed by atoms with van der Waals surface area (Å²) in [5, 5.41) is 20.4. The van der Waals surface area contributed by atoms with Crippen molar-refractivity contribution in [2.75, 3.05) is 7.11 Å². The van der Waals surface area contributed by atoms with E-state index in [-0.39, 0.29) is 37.4 Å². The number of carbonyl (C=O) groups excluding carboxylic acids is 5. The van der Waals surface area contributed by atoms with E-state index in [0.717, 1.165) is 16.7 Å². The quantitative estimate of drug-likeness (QED) is 0.0707. The van der Waals surface area contributed by atoms with Gasteiger partial charge in [0.25, 0.3) is 0 Å². The lowest BCUT2D eigenvalue weighted by Gasteiger charge is -2.30. The monoisotopic (exact) mass is 777 g/mol. The Morgan fingerprint density at radius 2 is 1.14 bits per heavy atom. The van der Waals surface area contributed by atoms with E-state index in [0.29, 0.717) is 11.1 Å². The van der Waals surface area contributed by atoms with Gasteiger partial charge in [-0.3, -0.25) is 14.4 Å². The average molecular weight is 778 g/mol. The van der Waals surface area contributed by atoms with Gasteiger partial charge in [-0.25, -0.2) is 9.59 Å². The fourth-order valence-electron chi connectivity index (χ4n) is 6.43. The number of aliphatic hydroxyl groups is 1. The number of rotatable bonds is 18. The van der Waals surface area contributed by atoms with Crippen LogP contribution in [-0.2, 0) is 43.1 Å². The van der Waals surface area contributed by atoms with E-state index in [1.54, 1.807) is 83.1 Å². The Morgan fingerprint density at radius 3 is 1.67 bits per heavy atom. The summed E-state index contributed by atoms with van der Waals surface area (Å²) in [6.07, 6.45) is -1.49. The van der Waals surface area contributed by atoms with Crippen LogP contribution in [0.3, 0.4) is 0 Å². The minimum absolute atomic E-state index is 0.0863. The number of benzene rings is 4. The van der Waals surface area contributed by atoms with Crippen molar-refractivity contribution in [3.63, 3.8) is 0 Å². The van der Waals surface area contributed by atoms with Gasteiger partial charge in [0.15, 0.2) is 5.78 Å². The Labute approximate surface area is 335 Å². The van der Waals surface area contributed by atoms with Crippen LogP contribution in [0.25, 0.3) is 0 Å². The zero-order chi connectivity index (χ0) is 41.5. The van der Waals surface area contributed by atoms with Crippen molar-refractivity contribution in [2.24, 2.45) is 11.8 Å². The standard InChI is InChI=1S/C46H55N3O8/c1-30(2)40(43(53)47-38(44(54)56-6)28-32-18-12-8-13-19-32)49-42(52)36(26-31-16-10-7-11-17-31)29-39(50)37(48-45(55)57-46(3,4)5)27-33-22-24-35(25-23-33)41(51)34-20-14-9-15-21-34/h7-25,30,36-40,50H,26-29H2,1-6H3,(H,47,53)(H,48,55)(H,49,52)/t36-,37+,38+,39-,40+/m1/s1. The summed E-state index contributed by atoms with van der Waals surface area (Å²) < 4.78 is 10.5. The Hall–Kier alpha value is -5.81. The zero-order valence-electron chi connectivity index (χ0n) is 33.6. The molecule has 0 aliphatic carbocycles. The molecule has 0 radical (unpaired) electrons. The van der Waals surface area contributed by atoms with Gasteiger partial charge in [-0.2, -0.15) is 0 Å². The Morgan fingerprint density at radius 1 is 0.632 bits per heavy atom. The molecule has 0 heterocycles. The van der Waals surface area contributed by atoms with E-state index in [2.05, 4.69) is 16.0 Å². The molecule has 0 aliphatic rings. The molecule has 0 unspecified atom stereocenters. The molecule has 302 valence electrons. The maximum atomic E-state index is 14.2. The first-order valence-corrected chi connectivity index (χ1v) is 19.3. The first-order chi connectivity index (χ1) is 27.1. The van der Waals surface area contributed by atoms with Gasteiger partial charge in [0, 0.05) is 23.5 Å². The summed E-state index contributed by atoms with van der Waals surface area (Å²) >= 11 is 0. The molecular weight excluding hydrogens is 723 g/mol. The highest BCUT2D eigenvalue weighted by Crippen LogP contribution is 2.21. The molecule has 0 aliphatic heterocycles. The fourth-order valence-corrected chi connectivity index (χ4v) is 6.43. The molecule has 0 aromatic heterocycles. The fraction of sp³-hybridized carbons (Fsp3) is 0.370. The van der Waals surface area contributed by atoms with Gasteiger partial charge < -0.3 is 30.5 Å². The van der Waals surface area contributed by atoms with Crippen LogP contribution >= 0.6 is 0 Å². The first-order valence-electron chi connectivity index (χ1n) is 19.3. The van der Waals surface area contributed by atoms with Gasteiger partial charge >= 0.3 is 12.1 Å². The van der Waals surface area contributed by atoms with Crippen LogP contribution in [0.2, 0.25) is 0 Å². The largest absolute Gasteiger partial charge is 0.467 e. The summed E-state index contributed by atoms with van der Waals surface area (Å²) in [4.78, 5) is 66.9. The van der Waals surface area contributed by atoms with Crippen LogP contribution < -0.4 is 16.0 Å². The highest BCUT2D eigenvalue weighted by Gasteiger charge is 2.34. The average Bonchev–Trinajstić information content (AvgIpc) is 3.19. The predicted molar refractivity (Wildman–Crippen MR) is 218 cm³/mol.